The molecule has 4 heteroatoms. The molecule has 1 unspecified atom stereocenters. The SMILES string of the molecule is CC(C)Oc1cccc(C(CC(=O)O)N(C)C)c1. The van der Waals surface area contributed by atoms with Gasteiger partial charge in [0.05, 0.1) is 12.5 Å². The third-order valence-electron chi connectivity index (χ3n) is 2.61. The molecule has 0 aliphatic rings. The van der Waals surface area contributed by atoms with Gasteiger partial charge < -0.3 is 14.7 Å². The van der Waals surface area contributed by atoms with E-state index in [9.17, 15) is 4.79 Å². The van der Waals surface area contributed by atoms with Crippen molar-refractivity contribution in [2.75, 3.05) is 14.1 Å². The van der Waals surface area contributed by atoms with Gasteiger partial charge >= 0.3 is 5.97 Å². The third kappa shape index (κ3) is 4.37. The Balaban J connectivity index is 2.94. The highest BCUT2D eigenvalue weighted by Crippen LogP contribution is 2.25. The highest BCUT2D eigenvalue weighted by atomic mass is 16.5. The van der Waals surface area contributed by atoms with Crippen LogP contribution in [-0.2, 0) is 4.79 Å². The van der Waals surface area contributed by atoms with Crippen LogP contribution in [0.25, 0.3) is 0 Å². The van der Waals surface area contributed by atoms with Crippen molar-refractivity contribution in [3.8, 4) is 5.75 Å². The van der Waals surface area contributed by atoms with Crippen LogP contribution < -0.4 is 4.74 Å². The van der Waals surface area contributed by atoms with Crippen molar-refractivity contribution in [3.05, 3.63) is 29.8 Å². The number of carboxylic acids is 1. The van der Waals surface area contributed by atoms with E-state index < -0.39 is 5.97 Å². The Morgan fingerprint density at radius 2 is 2.06 bits per heavy atom. The number of hydrogen-bond donors (Lipinski definition) is 1. The monoisotopic (exact) mass is 251 g/mol. The number of rotatable bonds is 6. The Bertz CT molecular complexity index is 402. The second kappa shape index (κ2) is 6.40. The summed E-state index contributed by atoms with van der Waals surface area (Å²) in [4.78, 5) is 12.8. The standard InChI is InChI=1S/C14H21NO3/c1-10(2)18-12-7-5-6-11(8-12)13(15(3)4)9-14(16)17/h5-8,10,13H,9H2,1-4H3,(H,16,17). The highest BCUT2D eigenvalue weighted by Gasteiger charge is 2.18. The van der Waals surface area contributed by atoms with Crippen LogP contribution in [0.15, 0.2) is 24.3 Å². The van der Waals surface area contributed by atoms with Gasteiger partial charge in [-0.1, -0.05) is 12.1 Å². The Morgan fingerprint density at radius 1 is 1.39 bits per heavy atom. The van der Waals surface area contributed by atoms with Crippen molar-refractivity contribution in [2.24, 2.45) is 0 Å². The van der Waals surface area contributed by atoms with Crippen LogP contribution in [0.4, 0.5) is 0 Å². The van der Waals surface area contributed by atoms with Crippen LogP contribution in [0.5, 0.6) is 5.75 Å². The fourth-order valence-corrected chi connectivity index (χ4v) is 1.83. The van der Waals surface area contributed by atoms with Gasteiger partial charge in [0.1, 0.15) is 5.75 Å². The van der Waals surface area contributed by atoms with Gasteiger partial charge in [0.15, 0.2) is 0 Å². The normalized spacial score (nSPS) is 12.8. The first-order chi connectivity index (χ1) is 8.40. The Kier molecular flexibility index (Phi) is 5.16. The fraction of sp³-hybridized carbons (Fsp3) is 0.500. The molecule has 1 N–H and O–H groups in total. The van der Waals surface area contributed by atoms with Crippen LogP contribution in [0, 0.1) is 0 Å². The molecular formula is C14H21NO3. The Morgan fingerprint density at radius 3 is 2.56 bits per heavy atom. The summed E-state index contributed by atoms with van der Waals surface area (Å²) in [7, 11) is 3.76. The minimum atomic E-state index is -0.802. The van der Waals surface area contributed by atoms with Gasteiger partial charge in [0, 0.05) is 6.04 Å². The molecule has 0 bridgehead atoms. The highest BCUT2D eigenvalue weighted by molar-refractivity contribution is 5.68. The van der Waals surface area contributed by atoms with Gasteiger partial charge in [0.25, 0.3) is 0 Å². The first-order valence-electron chi connectivity index (χ1n) is 6.05. The number of benzene rings is 1. The molecule has 1 aromatic carbocycles. The Labute approximate surface area is 108 Å². The lowest BCUT2D eigenvalue weighted by Gasteiger charge is -2.23. The molecule has 0 aromatic heterocycles. The van der Waals surface area contributed by atoms with Crippen LogP contribution in [0.2, 0.25) is 0 Å². The number of aliphatic carboxylic acids is 1. The molecule has 0 spiro atoms. The maximum Gasteiger partial charge on any atom is 0.305 e. The topological polar surface area (TPSA) is 49.8 Å². The van der Waals surface area contributed by atoms with Crippen molar-refractivity contribution >= 4 is 5.97 Å². The number of hydrogen-bond acceptors (Lipinski definition) is 3. The molecule has 1 rings (SSSR count). The van der Waals surface area contributed by atoms with E-state index in [2.05, 4.69) is 0 Å². The lowest BCUT2D eigenvalue weighted by Crippen LogP contribution is -2.22. The molecule has 0 aliphatic heterocycles. The quantitative estimate of drug-likeness (QED) is 0.844. The first-order valence-corrected chi connectivity index (χ1v) is 6.05. The molecule has 0 fully saturated rings. The third-order valence-corrected chi connectivity index (χ3v) is 2.61. The second-order valence-electron chi connectivity index (χ2n) is 4.82. The van der Waals surface area contributed by atoms with E-state index in [1.54, 1.807) is 0 Å². The predicted octanol–water partition coefficient (Wildman–Crippen LogP) is 2.55. The lowest BCUT2D eigenvalue weighted by molar-refractivity contribution is -0.138. The summed E-state index contributed by atoms with van der Waals surface area (Å²) in [5.74, 6) is -0.0244. The van der Waals surface area contributed by atoms with E-state index in [0.29, 0.717) is 0 Å². The molecule has 0 saturated carbocycles. The number of carboxylic acid groups (broad SMARTS) is 1. The summed E-state index contributed by atoms with van der Waals surface area (Å²) in [6.45, 7) is 3.93. The largest absolute Gasteiger partial charge is 0.491 e. The number of ether oxygens (including phenoxy) is 1. The zero-order valence-corrected chi connectivity index (χ0v) is 11.4. The molecule has 0 heterocycles. The van der Waals surface area contributed by atoms with Crippen molar-refractivity contribution in [3.63, 3.8) is 0 Å². The number of nitrogens with zero attached hydrogens (tertiary/aromatic N) is 1. The van der Waals surface area contributed by atoms with E-state index in [4.69, 9.17) is 9.84 Å². The summed E-state index contributed by atoms with van der Waals surface area (Å²) >= 11 is 0. The number of carbonyl (C=O) groups is 1. The average molecular weight is 251 g/mol. The van der Waals surface area contributed by atoms with Crippen molar-refractivity contribution in [2.45, 2.75) is 32.4 Å². The predicted molar refractivity (Wildman–Crippen MR) is 70.9 cm³/mol. The zero-order chi connectivity index (χ0) is 13.7. The van der Waals surface area contributed by atoms with Crippen LogP contribution in [0.1, 0.15) is 31.9 Å². The fourth-order valence-electron chi connectivity index (χ4n) is 1.83. The second-order valence-corrected chi connectivity index (χ2v) is 4.82. The summed E-state index contributed by atoms with van der Waals surface area (Å²) in [6.07, 6.45) is 0.190. The Hall–Kier alpha value is -1.55. The molecule has 0 aliphatic carbocycles. The van der Waals surface area contributed by atoms with E-state index in [0.717, 1.165) is 11.3 Å². The molecule has 1 atom stereocenters. The van der Waals surface area contributed by atoms with Gasteiger partial charge in [-0.2, -0.15) is 0 Å². The van der Waals surface area contributed by atoms with E-state index in [-0.39, 0.29) is 18.6 Å². The van der Waals surface area contributed by atoms with Crippen LogP contribution in [0.3, 0.4) is 0 Å². The maximum atomic E-state index is 10.9. The summed E-state index contributed by atoms with van der Waals surface area (Å²) < 4.78 is 5.62. The average Bonchev–Trinajstić information content (AvgIpc) is 2.24. The molecule has 0 radical (unpaired) electrons. The van der Waals surface area contributed by atoms with E-state index >= 15 is 0 Å². The smallest absolute Gasteiger partial charge is 0.305 e. The van der Waals surface area contributed by atoms with Crippen molar-refractivity contribution in [1.82, 2.24) is 4.90 Å². The minimum Gasteiger partial charge on any atom is -0.491 e. The first kappa shape index (κ1) is 14.5. The van der Waals surface area contributed by atoms with Crippen molar-refractivity contribution < 1.29 is 14.6 Å². The molecular weight excluding hydrogens is 230 g/mol. The van der Waals surface area contributed by atoms with Gasteiger partial charge in [-0.15, -0.1) is 0 Å². The van der Waals surface area contributed by atoms with Gasteiger partial charge in [-0.05, 0) is 45.6 Å². The van der Waals surface area contributed by atoms with Crippen LogP contribution in [-0.4, -0.2) is 36.2 Å². The minimum absolute atomic E-state index is 0.0815. The van der Waals surface area contributed by atoms with Crippen molar-refractivity contribution in [1.29, 1.82) is 0 Å². The maximum absolute atomic E-state index is 10.9. The summed E-state index contributed by atoms with van der Waals surface area (Å²) in [5.41, 5.74) is 0.959. The molecule has 100 valence electrons. The zero-order valence-electron chi connectivity index (χ0n) is 11.4. The molecule has 4 nitrogen and oxygen atoms in total. The van der Waals surface area contributed by atoms with Crippen LogP contribution >= 0.6 is 0 Å². The summed E-state index contributed by atoms with van der Waals surface area (Å²) in [6, 6.07) is 7.48. The van der Waals surface area contributed by atoms with E-state index in [1.807, 2.05) is 57.1 Å². The van der Waals surface area contributed by atoms with Gasteiger partial charge in [-0.25, -0.2) is 0 Å². The van der Waals surface area contributed by atoms with E-state index in [1.165, 1.54) is 0 Å². The molecule has 0 amide bonds. The summed E-state index contributed by atoms with van der Waals surface area (Å²) in [5, 5.41) is 8.95. The lowest BCUT2D eigenvalue weighted by atomic mass is 10.0. The van der Waals surface area contributed by atoms with Gasteiger partial charge in [-0.3, -0.25) is 4.79 Å². The molecule has 0 saturated heterocycles. The van der Waals surface area contributed by atoms with Gasteiger partial charge in [0.2, 0.25) is 0 Å². The molecule has 1 aromatic rings. The molecule has 18 heavy (non-hydrogen) atoms.